The predicted octanol–water partition coefficient (Wildman–Crippen LogP) is 1.67. The van der Waals surface area contributed by atoms with Crippen molar-refractivity contribution >= 4 is 27.5 Å². The van der Waals surface area contributed by atoms with Crippen LogP contribution in [0.4, 0.5) is 5.69 Å². The number of carbonyl (C=O) groups excluding carboxylic acids is 1. The average Bonchev–Trinajstić information content (AvgIpc) is 2.40. The summed E-state index contributed by atoms with van der Waals surface area (Å²) in [5, 5.41) is 6.06. The topological polar surface area (TPSA) is 44.4 Å². The Labute approximate surface area is 122 Å². The van der Waals surface area contributed by atoms with Gasteiger partial charge in [-0.05, 0) is 50.7 Å². The Kier molecular flexibility index (Phi) is 4.82. The fourth-order valence-electron chi connectivity index (χ4n) is 2.40. The van der Waals surface area contributed by atoms with Gasteiger partial charge in [0.2, 0.25) is 5.91 Å². The van der Waals surface area contributed by atoms with Crippen LogP contribution in [-0.4, -0.2) is 38.6 Å². The normalized spacial score (nSPS) is 19.4. The predicted molar refractivity (Wildman–Crippen MR) is 81.6 cm³/mol. The number of anilines is 1. The van der Waals surface area contributed by atoms with E-state index in [2.05, 4.69) is 50.5 Å². The molecule has 0 spiro atoms. The van der Waals surface area contributed by atoms with Crippen LogP contribution < -0.4 is 15.5 Å². The first-order valence-electron chi connectivity index (χ1n) is 6.58. The maximum atomic E-state index is 12.0. The molecule has 0 bridgehead atoms. The van der Waals surface area contributed by atoms with Crippen LogP contribution in [0.15, 0.2) is 22.7 Å². The van der Waals surface area contributed by atoms with Gasteiger partial charge in [-0.2, -0.15) is 0 Å². The zero-order chi connectivity index (χ0) is 13.8. The molecule has 1 atom stereocenters. The first kappa shape index (κ1) is 14.3. The molecular weight excluding hydrogens is 306 g/mol. The van der Waals surface area contributed by atoms with E-state index < -0.39 is 0 Å². The summed E-state index contributed by atoms with van der Waals surface area (Å²) in [6, 6.07) is 6.17. The summed E-state index contributed by atoms with van der Waals surface area (Å²) in [5.74, 6) is 0.127. The summed E-state index contributed by atoms with van der Waals surface area (Å²) in [7, 11) is 1.91. The highest BCUT2D eigenvalue weighted by atomic mass is 79.9. The summed E-state index contributed by atoms with van der Waals surface area (Å²) in [4.78, 5) is 14.2. The molecule has 0 aromatic heterocycles. The van der Waals surface area contributed by atoms with Crippen molar-refractivity contribution in [3.8, 4) is 0 Å². The van der Waals surface area contributed by atoms with E-state index >= 15 is 0 Å². The molecule has 1 fully saturated rings. The van der Waals surface area contributed by atoms with E-state index in [1.807, 2.05) is 13.1 Å². The molecule has 1 heterocycles. The van der Waals surface area contributed by atoms with Crippen LogP contribution in [0.2, 0.25) is 0 Å². The lowest BCUT2D eigenvalue weighted by Gasteiger charge is -2.37. The van der Waals surface area contributed by atoms with Crippen molar-refractivity contribution < 1.29 is 4.79 Å². The third-order valence-electron chi connectivity index (χ3n) is 3.47. The number of hydrogen-bond donors (Lipinski definition) is 2. The Morgan fingerprint density at radius 2 is 2.32 bits per heavy atom. The number of nitrogens with zero attached hydrogens (tertiary/aromatic N) is 1. The molecule has 4 nitrogen and oxygen atoms in total. The van der Waals surface area contributed by atoms with E-state index in [-0.39, 0.29) is 11.9 Å². The Bertz CT molecular complexity index is 464. The molecule has 0 saturated carbocycles. The van der Waals surface area contributed by atoms with Gasteiger partial charge in [-0.25, -0.2) is 0 Å². The van der Waals surface area contributed by atoms with Crippen LogP contribution in [0, 0.1) is 6.92 Å². The summed E-state index contributed by atoms with van der Waals surface area (Å²) < 4.78 is 1.10. The van der Waals surface area contributed by atoms with Gasteiger partial charge in [0.15, 0.2) is 0 Å². The SMILES string of the molecule is CNCCC1C(=O)NCCN1c1ccc(Br)c(C)c1. The van der Waals surface area contributed by atoms with Crippen molar-refractivity contribution in [2.45, 2.75) is 19.4 Å². The van der Waals surface area contributed by atoms with Crippen molar-refractivity contribution in [3.63, 3.8) is 0 Å². The highest BCUT2D eigenvalue weighted by Crippen LogP contribution is 2.25. The molecule has 1 aromatic rings. The number of nitrogens with one attached hydrogen (secondary N) is 2. The number of amides is 1. The average molecular weight is 326 g/mol. The van der Waals surface area contributed by atoms with E-state index in [1.165, 1.54) is 5.56 Å². The monoisotopic (exact) mass is 325 g/mol. The summed E-state index contributed by atoms with van der Waals surface area (Å²) in [5.41, 5.74) is 2.31. The maximum Gasteiger partial charge on any atom is 0.242 e. The third-order valence-corrected chi connectivity index (χ3v) is 4.36. The second-order valence-corrected chi connectivity index (χ2v) is 5.68. The smallest absolute Gasteiger partial charge is 0.242 e. The van der Waals surface area contributed by atoms with Crippen molar-refractivity contribution in [3.05, 3.63) is 28.2 Å². The van der Waals surface area contributed by atoms with Crippen LogP contribution in [0.3, 0.4) is 0 Å². The molecule has 1 saturated heterocycles. The Morgan fingerprint density at radius 3 is 3.00 bits per heavy atom. The molecule has 19 heavy (non-hydrogen) atoms. The standard InChI is InChI=1S/C14H20BrN3O/c1-10-9-11(3-4-12(10)15)18-8-7-17-14(19)13(18)5-6-16-2/h3-4,9,13,16H,5-8H2,1-2H3,(H,17,19). The molecule has 0 aliphatic carbocycles. The third kappa shape index (κ3) is 3.28. The van der Waals surface area contributed by atoms with Crippen LogP contribution in [-0.2, 0) is 4.79 Å². The zero-order valence-corrected chi connectivity index (χ0v) is 13.0. The van der Waals surface area contributed by atoms with E-state index in [0.29, 0.717) is 6.54 Å². The highest BCUT2D eigenvalue weighted by Gasteiger charge is 2.29. The van der Waals surface area contributed by atoms with Gasteiger partial charge in [0.05, 0.1) is 0 Å². The molecule has 1 aromatic carbocycles. The van der Waals surface area contributed by atoms with Gasteiger partial charge >= 0.3 is 0 Å². The number of piperazine rings is 1. The lowest BCUT2D eigenvalue weighted by atomic mass is 10.1. The molecule has 5 heteroatoms. The van der Waals surface area contributed by atoms with Gasteiger partial charge in [0.1, 0.15) is 6.04 Å². The van der Waals surface area contributed by atoms with Gasteiger partial charge in [-0.3, -0.25) is 4.79 Å². The van der Waals surface area contributed by atoms with Crippen molar-refractivity contribution in [1.29, 1.82) is 0 Å². The first-order chi connectivity index (χ1) is 9.13. The lowest BCUT2D eigenvalue weighted by Crippen LogP contribution is -2.56. The molecule has 2 N–H and O–H groups in total. The van der Waals surface area contributed by atoms with Crippen molar-refractivity contribution in [2.75, 3.05) is 31.6 Å². The fourth-order valence-corrected chi connectivity index (χ4v) is 2.65. The molecule has 1 aliphatic rings. The first-order valence-corrected chi connectivity index (χ1v) is 7.38. The summed E-state index contributed by atoms with van der Waals surface area (Å²) >= 11 is 3.51. The minimum absolute atomic E-state index is 0.0817. The number of halogens is 1. The van der Waals surface area contributed by atoms with E-state index in [1.54, 1.807) is 0 Å². The lowest BCUT2D eigenvalue weighted by molar-refractivity contribution is -0.123. The Morgan fingerprint density at radius 1 is 1.53 bits per heavy atom. The minimum Gasteiger partial charge on any atom is -0.358 e. The van der Waals surface area contributed by atoms with Crippen LogP contribution in [0.1, 0.15) is 12.0 Å². The molecule has 1 aliphatic heterocycles. The molecule has 2 rings (SSSR count). The van der Waals surface area contributed by atoms with Crippen LogP contribution >= 0.6 is 15.9 Å². The summed E-state index contributed by atoms with van der Waals surface area (Å²) in [6.07, 6.45) is 0.817. The van der Waals surface area contributed by atoms with E-state index in [4.69, 9.17) is 0 Å². The quantitative estimate of drug-likeness (QED) is 0.885. The van der Waals surface area contributed by atoms with Crippen LogP contribution in [0.5, 0.6) is 0 Å². The number of rotatable bonds is 4. The summed E-state index contributed by atoms with van der Waals surface area (Å²) in [6.45, 7) is 4.48. The van der Waals surface area contributed by atoms with Gasteiger partial charge in [-0.1, -0.05) is 15.9 Å². The molecule has 104 valence electrons. The number of aryl methyl sites for hydroxylation is 1. The minimum atomic E-state index is -0.0817. The maximum absolute atomic E-state index is 12.0. The largest absolute Gasteiger partial charge is 0.358 e. The molecule has 0 radical (unpaired) electrons. The Hall–Kier alpha value is -1.07. The van der Waals surface area contributed by atoms with Gasteiger partial charge in [0.25, 0.3) is 0 Å². The van der Waals surface area contributed by atoms with E-state index in [0.717, 1.165) is 29.7 Å². The molecular formula is C14H20BrN3O. The Balaban J connectivity index is 2.23. The van der Waals surface area contributed by atoms with Gasteiger partial charge < -0.3 is 15.5 Å². The number of benzene rings is 1. The highest BCUT2D eigenvalue weighted by molar-refractivity contribution is 9.10. The van der Waals surface area contributed by atoms with Crippen molar-refractivity contribution in [2.24, 2.45) is 0 Å². The molecule has 1 amide bonds. The number of carbonyl (C=O) groups is 1. The second kappa shape index (κ2) is 6.39. The zero-order valence-electron chi connectivity index (χ0n) is 11.4. The second-order valence-electron chi connectivity index (χ2n) is 4.83. The fraction of sp³-hybridized carbons (Fsp3) is 0.500. The molecule has 1 unspecified atom stereocenters. The van der Waals surface area contributed by atoms with Crippen LogP contribution in [0.25, 0.3) is 0 Å². The van der Waals surface area contributed by atoms with Gasteiger partial charge in [0, 0.05) is 23.2 Å². The number of hydrogen-bond acceptors (Lipinski definition) is 3. The van der Waals surface area contributed by atoms with Gasteiger partial charge in [-0.15, -0.1) is 0 Å². The van der Waals surface area contributed by atoms with E-state index in [9.17, 15) is 4.79 Å². The van der Waals surface area contributed by atoms with Crippen molar-refractivity contribution in [1.82, 2.24) is 10.6 Å².